The maximum absolute atomic E-state index is 4.00. The lowest BCUT2D eigenvalue weighted by molar-refractivity contribution is 0.313. The van der Waals surface area contributed by atoms with E-state index in [0.29, 0.717) is 0 Å². The second-order valence-electron chi connectivity index (χ2n) is 4.31. The topological polar surface area (TPSA) is 6.48 Å². The van der Waals surface area contributed by atoms with Gasteiger partial charge in [0.05, 0.1) is 0 Å². The van der Waals surface area contributed by atoms with Crippen LogP contribution in [0.4, 0.5) is 5.69 Å². The van der Waals surface area contributed by atoms with Gasteiger partial charge in [0.2, 0.25) is 0 Å². The molecule has 2 rings (SSSR count). The Morgan fingerprint density at radius 3 is 2.00 bits per heavy atom. The third-order valence-electron chi connectivity index (χ3n) is 3.21. The Morgan fingerprint density at radius 2 is 1.53 bits per heavy atom. The molecule has 1 aromatic carbocycles. The van der Waals surface area contributed by atoms with Gasteiger partial charge in [0.25, 0.3) is 0 Å². The number of rotatable bonds is 2. The second-order valence-corrected chi connectivity index (χ2v) is 4.31. The van der Waals surface area contributed by atoms with E-state index in [1.165, 1.54) is 24.3 Å². The van der Waals surface area contributed by atoms with E-state index in [4.69, 9.17) is 0 Å². The van der Waals surface area contributed by atoms with Gasteiger partial charge in [-0.05, 0) is 31.2 Å². The molecule has 0 N–H and O–H groups in total. The molecule has 0 amide bonds. The lowest BCUT2D eigenvalue weighted by atomic mass is 10.1. The SMILES string of the molecule is C#C.CCc1ccc(N2CCN(C)CC2)cc1. The Kier molecular flexibility index (Phi) is 5.59. The molecule has 0 spiro atoms. The summed E-state index contributed by atoms with van der Waals surface area (Å²) >= 11 is 0. The minimum Gasteiger partial charge on any atom is -0.369 e. The number of terminal acetylenes is 1. The first kappa shape index (κ1) is 13.6. The third-order valence-corrected chi connectivity index (χ3v) is 3.21. The van der Waals surface area contributed by atoms with Gasteiger partial charge in [0.15, 0.2) is 0 Å². The smallest absolute Gasteiger partial charge is 0.0367 e. The summed E-state index contributed by atoms with van der Waals surface area (Å²) in [4.78, 5) is 4.86. The monoisotopic (exact) mass is 230 g/mol. The van der Waals surface area contributed by atoms with E-state index >= 15 is 0 Å². The van der Waals surface area contributed by atoms with Crippen molar-refractivity contribution in [3.8, 4) is 12.8 Å². The number of nitrogens with zero attached hydrogens (tertiary/aromatic N) is 2. The minimum absolute atomic E-state index is 1.13. The molecule has 1 heterocycles. The van der Waals surface area contributed by atoms with E-state index in [1.807, 2.05) is 0 Å². The highest BCUT2D eigenvalue weighted by atomic mass is 15.2. The zero-order valence-corrected chi connectivity index (χ0v) is 10.9. The van der Waals surface area contributed by atoms with Crippen LogP contribution >= 0.6 is 0 Å². The molecule has 0 bridgehead atoms. The van der Waals surface area contributed by atoms with Crippen molar-refractivity contribution in [3.05, 3.63) is 29.8 Å². The molecule has 17 heavy (non-hydrogen) atoms. The average Bonchev–Trinajstić information content (AvgIpc) is 2.42. The van der Waals surface area contributed by atoms with Gasteiger partial charge in [-0.2, -0.15) is 0 Å². The van der Waals surface area contributed by atoms with Crippen molar-refractivity contribution in [2.45, 2.75) is 13.3 Å². The summed E-state index contributed by atoms with van der Waals surface area (Å²) in [5.41, 5.74) is 2.80. The average molecular weight is 230 g/mol. The van der Waals surface area contributed by atoms with Crippen LogP contribution in [0.2, 0.25) is 0 Å². The van der Waals surface area contributed by atoms with E-state index in [1.54, 1.807) is 0 Å². The fourth-order valence-corrected chi connectivity index (χ4v) is 2.01. The number of hydrogen-bond acceptors (Lipinski definition) is 2. The van der Waals surface area contributed by atoms with Crippen LogP contribution in [-0.2, 0) is 6.42 Å². The molecule has 0 atom stereocenters. The molecule has 1 aliphatic rings. The predicted molar refractivity (Wildman–Crippen MR) is 75.4 cm³/mol. The highest BCUT2D eigenvalue weighted by Gasteiger charge is 2.13. The molecule has 92 valence electrons. The molecule has 2 nitrogen and oxygen atoms in total. The van der Waals surface area contributed by atoms with Crippen molar-refractivity contribution in [2.75, 3.05) is 38.1 Å². The minimum atomic E-state index is 1.13. The maximum Gasteiger partial charge on any atom is 0.0367 e. The van der Waals surface area contributed by atoms with E-state index in [-0.39, 0.29) is 0 Å². The van der Waals surface area contributed by atoms with Gasteiger partial charge in [-0.15, -0.1) is 12.8 Å². The molecule has 0 aliphatic carbocycles. The normalized spacial score (nSPS) is 16.1. The van der Waals surface area contributed by atoms with E-state index < -0.39 is 0 Å². The summed E-state index contributed by atoms with van der Waals surface area (Å²) in [5.74, 6) is 0. The molecular weight excluding hydrogens is 208 g/mol. The molecule has 1 aromatic rings. The first-order valence-corrected chi connectivity index (χ1v) is 6.15. The largest absolute Gasteiger partial charge is 0.369 e. The van der Waals surface area contributed by atoms with Crippen LogP contribution in [0.1, 0.15) is 12.5 Å². The van der Waals surface area contributed by atoms with Crippen LogP contribution in [0, 0.1) is 12.8 Å². The predicted octanol–water partition coefficient (Wildman–Crippen LogP) is 2.25. The van der Waals surface area contributed by atoms with Crippen molar-refractivity contribution in [3.63, 3.8) is 0 Å². The van der Waals surface area contributed by atoms with Crippen LogP contribution in [0.3, 0.4) is 0 Å². The summed E-state index contributed by atoms with van der Waals surface area (Å²) < 4.78 is 0. The number of aryl methyl sites for hydroxylation is 1. The summed E-state index contributed by atoms with van der Waals surface area (Å²) in [7, 11) is 2.19. The van der Waals surface area contributed by atoms with E-state index in [9.17, 15) is 0 Å². The van der Waals surface area contributed by atoms with Gasteiger partial charge in [-0.3, -0.25) is 0 Å². The Balaban J connectivity index is 0.000000686. The Hall–Kier alpha value is -1.46. The summed E-state index contributed by atoms with van der Waals surface area (Å²) in [6, 6.07) is 9.00. The van der Waals surface area contributed by atoms with Gasteiger partial charge in [0, 0.05) is 31.9 Å². The standard InChI is InChI=1S/C13H20N2.C2H2/c1-3-12-4-6-13(7-5-12)15-10-8-14(2)9-11-15;1-2/h4-7H,3,8-11H2,1-2H3;1-2H. The van der Waals surface area contributed by atoms with E-state index in [0.717, 1.165) is 19.5 Å². The fourth-order valence-electron chi connectivity index (χ4n) is 2.01. The first-order chi connectivity index (χ1) is 8.29. The second kappa shape index (κ2) is 6.98. The van der Waals surface area contributed by atoms with E-state index in [2.05, 4.69) is 60.9 Å². The maximum atomic E-state index is 4.00. The lowest BCUT2D eigenvalue weighted by Crippen LogP contribution is -2.44. The van der Waals surface area contributed by atoms with Crippen LogP contribution in [0.25, 0.3) is 0 Å². The highest BCUT2D eigenvalue weighted by Crippen LogP contribution is 2.17. The number of hydrogen-bond donors (Lipinski definition) is 0. The summed E-state index contributed by atoms with van der Waals surface area (Å²) in [6.07, 6.45) is 9.13. The van der Waals surface area contributed by atoms with Gasteiger partial charge in [-0.1, -0.05) is 19.1 Å². The fraction of sp³-hybridized carbons (Fsp3) is 0.467. The molecule has 0 unspecified atom stereocenters. The molecular formula is C15H22N2. The van der Waals surface area contributed by atoms with Crippen molar-refractivity contribution in [1.29, 1.82) is 0 Å². The molecule has 2 heteroatoms. The van der Waals surface area contributed by atoms with Crippen molar-refractivity contribution >= 4 is 5.69 Å². The molecule has 1 saturated heterocycles. The highest BCUT2D eigenvalue weighted by molar-refractivity contribution is 5.48. The first-order valence-electron chi connectivity index (χ1n) is 6.15. The molecule has 1 aliphatic heterocycles. The van der Waals surface area contributed by atoms with Crippen LogP contribution in [0.15, 0.2) is 24.3 Å². The van der Waals surface area contributed by atoms with Gasteiger partial charge in [-0.25, -0.2) is 0 Å². The zero-order valence-electron chi connectivity index (χ0n) is 10.9. The number of benzene rings is 1. The Morgan fingerprint density at radius 1 is 1.00 bits per heavy atom. The summed E-state index contributed by atoms with van der Waals surface area (Å²) in [6.45, 7) is 6.86. The molecule has 0 saturated carbocycles. The molecule has 0 aromatic heterocycles. The third kappa shape index (κ3) is 3.80. The zero-order chi connectivity index (χ0) is 12.7. The Bertz CT molecular complexity index is 332. The van der Waals surface area contributed by atoms with Gasteiger partial charge >= 0.3 is 0 Å². The Labute approximate surface area is 105 Å². The van der Waals surface area contributed by atoms with Crippen LogP contribution in [-0.4, -0.2) is 38.1 Å². The number of likely N-dealkylation sites (N-methyl/N-ethyl adjacent to an activating group) is 1. The quantitative estimate of drug-likeness (QED) is 0.719. The molecule has 0 radical (unpaired) electrons. The van der Waals surface area contributed by atoms with Crippen LogP contribution < -0.4 is 4.90 Å². The number of piperazine rings is 1. The van der Waals surface area contributed by atoms with Crippen molar-refractivity contribution in [1.82, 2.24) is 4.90 Å². The van der Waals surface area contributed by atoms with Crippen molar-refractivity contribution in [2.24, 2.45) is 0 Å². The lowest BCUT2D eigenvalue weighted by Gasteiger charge is -2.34. The number of anilines is 1. The van der Waals surface area contributed by atoms with Crippen molar-refractivity contribution < 1.29 is 0 Å². The molecule has 1 fully saturated rings. The van der Waals surface area contributed by atoms with Gasteiger partial charge in [0.1, 0.15) is 0 Å². The van der Waals surface area contributed by atoms with Crippen LogP contribution in [0.5, 0.6) is 0 Å². The summed E-state index contributed by atoms with van der Waals surface area (Å²) in [5, 5.41) is 0. The van der Waals surface area contributed by atoms with Gasteiger partial charge < -0.3 is 9.80 Å².